The van der Waals surface area contributed by atoms with E-state index in [9.17, 15) is 4.79 Å². The van der Waals surface area contributed by atoms with Crippen molar-refractivity contribution in [1.82, 2.24) is 5.32 Å². The Morgan fingerprint density at radius 3 is 2.07 bits per heavy atom. The Labute approximate surface area is 103 Å². The Kier molecular flexibility index (Phi) is 17.6. The average Bonchev–Trinajstić information content (AvgIpc) is 2.01. The van der Waals surface area contributed by atoms with E-state index in [1.807, 2.05) is 0 Å². The number of unbranched alkanes of at least 4 members (excludes halogenated alkanes) is 3. The molecule has 1 amide bonds. The highest BCUT2D eigenvalue weighted by molar-refractivity contribution is 5.85. The molecule has 0 aromatic heterocycles. The molecule has 7 heteroatoms. The molecule has 0 heterocycles. The fraction of sp³-hybridized carbons (Fsp3) is 0.750. The van der Waals surface area contributed by atoms with Gasteiger partial charge in [0, 0.05) is 13.0 Å². The molecule has 5 nitrogen and oxygen atoms in total. The second kappa shape index (κ2) is 13.3. The molecular formula is C8H20Cl2N4O. The Hall–Kier alpha value is -0.680. The van der Waals surface area contributed by atoms with Crippen LogP contribution < -0.4 is 16.8 Å². The Balaban J connectivity index is -0.000000720. The third-order valence-electron chi connectivity index (χ3n) is 1.67. The van der Waals surface area contributed by atoms with Crippen LogP contribution in [0.4, 0.5) is 0 Å². The number of primary amides is 1. The smallest absolute Gasteiger partial charge is 0.217 e. The van der Waals surface area contributed by atoms with Gasteiger partial charge in [0.15, 0.2) is 5.96 Å². The first-order valence-corrected chi connectivity index (χ1v) is 4.49. The van der Waals surface area contributed by atoms with E-state index in [0.717, 1.165) is 32.2 Å². The van der Waals surface area contributed by atoms with Crippen LogP contribution in [0.5, 0.6) is 0 Å². The fourth-order valence-electron chi connectivity index (χ4n) is 1.00. The molecule has 0 fully saturated rings. The lowest BCUT2D eigenvalue weighted by Gasteiger charge is -2.02. The summed E-state index contributed by atoms with van der Waals surface area (Å²) in [4.78, 5) is 10.3. The van der Waals surface area contributed by atoms with Gasteiger partial charge in [-0.3, -0.25) is 10.2 Å². The third-order valence-corrected chi connectivity index (χ3v) is 1.67. The van der Waals surface area contributed by atoms with Crippen molar-refractivity contribution >= 4 is 36.7 Å². The zero-order valence-corrected chi connectivity index (χ0v) is 10.3. The van der Waals surface area contributed by atoms with E-state index in [2.05, 4.69) is 5.32 Å². The summed E-state index contributed by atoms with van der Waals surface area (Å²) in [7, 11) is 0. The molecule has 0 atom stereocenters. The average molecular weight is 259 g/mol. The molecule has 92 valence electrons. The molecule has 0 saturated heterocycles. The summed E-state index contributed by atoms with van der Waals surface area (Å²) in [5.41, 5.74) is 10.1. The van der Waals surface area contributed by atoms with E-state index in [1.165, 1.54) is 0 Å². The maximum absolute atomic E-state index is 10.3. The van der Waals surface area contributed by atoms with Gasteiger partial charge in [-0.1, -0.05) is 12.8 Å². The SMILES string of the molecule is Cl.Cl.N=C(N)NCCCCCCC(N)=O. The number of hydrogen-bond acceptors (Lipinski definition) is 2. The molecule has 0 aliphatic heterocycles. The molecule has 6 N–H and O–H groups in total. The van der Waals surface area contributed by atoms with E-state index < -0.39 is 0 Å². The van der Waals surface area contributed by atoms with Gasteiger partial charge in [-0.2, -0.15) is 0 Å². The molecule has 15 heavy (non-hydrogen) atoms. The van der Waals surface area contributed by atoms with Gasteiger partial charge < -0.3 is 16.8 Å². The molecule has 0 bridgehead atoms. The number of nitrogens with one attached hydrogen (secondary N) is 2. The first kappa shape index (κ1) is 19.8. The van der Waals surface area contributed by atoms with Crippen molar-refractivity contribution in [2.75, 3.05) is 6.54 Å². The minimum absolute atomic E-state index is 0. The van der Waals surface area contributed by atoms with Gasteiger partial charge in [0.25, 0.3) is 0 Å². The van der Waals surface area contributed by atoms with Gasteiger partial charge >= 0.3 is 0 Å². The van der Waals surface area contributed by atoms with E-state index in [4.69, 9.17) is 16.9 Å². The minimum atomic E-state index is -0.234. The van der Waals surface area contributed by atoms with E-state index in [0.29, 0.717) is 6.42 Å². The summed E-state index contributed by atoms with van der Waals surface area (Å²) in [6.45, 7) is 0.728. The highest BCUT2D eigenvalue weighted by atomic mass is 35.5. The molecule has 0 radical (unpaired) electrons. The topological polar surface area (TPSA) is 105 Å². The van der Waals surface area contributed by atoms with Crippen molar-refractivity contribution < 1.29 is 4.79 Å². The van der Waals surface area contributed by atoms with Crippen LogP contribution >= 0.6 is 24.8 Å². The van der Waals surface area contributed by atoms with Crippen molar-refractivity contribution in [3.63, 3.8) is 0 Å². The highest BCUT2D eigenvalue weighted by Crippen LogP contribution is 2.01. The number of guanidine groups is 1. The number of hydrogen-bond donors (Lipinski definition) is 4. The van der Waals surface area contributed by atoms with Gasteiger partial charge in [-0.05, 0) is 12.8 Å². The summed E-state index contributed by atoms with van der Waals surface area (Å²) >= 11 is 0. The largest absolute Gasteiger partial charge is 0.370 e. The van der Waals surface area contributed by atoms with E-state index in [-0.39, 0.29) is 36.7 Å². The van der Waals surface area contributed by atoms with Gasteiger partial charge in [0.1, 0.15) is 0 Å². The molecule has 0 unspecified atom stereocenters. The number of carbonyl (C=O) groups is 1. The lowest BCUT2D eigenvalue weighted by Crippen LogP contribution is -2.30. The van der Waals surface area contributed by atoms with Crippen LogP contribution in [-0.4, -0.2) is 18.4 Å². The van der Waals surface area contributed by atoms with Crippen LogP contribution in [0, 0.1) is 5.41 Å². The van der Waals surface area contributed by atoms with Crippen LogP contribution in [0.15, 0.2) is 0 Å². The number of rotatable bonds is 7. The summed E-state index contributed by atoms with van der Waals surface area (Å²) in [6.07, 6.45) is 4.34. The monoisotopic (exact) mass is 258 g/mol. The van der Waals surface area contributed by atoms with Crippen LogP contribution in [0.2, 0.25) is 0 Å². The number of amides is 1. The summed E-state index contributed by atoms with van der Waals surface area (Å²) in [6, 6.07) is 0. The van der Waals surface area contributed by atoms with Crippen molar-refractivity contribution in [2.45, 2.75) is 32.1 Å². The summed E-state index contributed by atoms with van der Waals surface area (Å²) < 4.78 is 0. The maximum atomic E-state index is 10.3. The van der Waals surface area contributed by atoms with Gasteiger partial charge in [-0.15, -0.1) is 24.8 Å². The number of halogens is 2. The number of nitrogens with two attached hydrogens (primary N) is 2. The zero-order chi connectivity index (χ0) is 10.1. The lowest BCUT2D eigenvalue weighted by atomic mass is 10.1. The molecule has 0 spiro atoms. The quantitative estimate of drug-likeness (QED) is 0.308. The van der Waals surface area contributed by atoms with Crippen molar-refractivity contribution in [1.29, 1.82) is 5.41 Å². The predicted octanol–water partition coefficient (Wildman–Crippen LogP) is 0.749. The van der Waals surface area contributed by atoms with Gasteiger partial charge in [0.05, 0.1) is 0 Å². The number of carbonyl (C=O) groups excluding carboxylic acids is 1. The highest BCUT2D eigenvalue weighted by Gasteiger charge is 1.94. The van der Waals surface area contributed by atoms with Crippen LogP contribution in [0.1, 0.15) is 32.1 Å². The fourth-order valence-corrected chi connectivity index (χ4v) is 1.00. The van der Waals surface area contributed by atoms with Gasteiger partial charge in [-0.25, -0.2) is 0 Å². The third kappa shape index (κ3) is 19.7. The Morgan fingerprint density at radius 2 is 1.60 bits per heavy atom. The Morgan fingerprint density at radius 1 is 1.07 bits per heavy atom. The summed E-state index contributed by atoms with van der Waals surface area (Å²) in [5.74, 6) is -0.223. The van der Waals surface area contributed by atoms with Crippen LogP contribution in [0.25, 0.3) is 0 Å². The lowest BCUT2D eigenvalue weighted by molar-refractivity contribution is -0.118. The van der Waals surface area contributed by atoms with Crippen molar-refractivity contribution in [3.05, 3.63) is 0 Å². The van der Waals surface area contributed by atoms with E-state index >= 15 is 0 Å². The van der Waals surface area contributed by atoms with Crippen molar-refractivity contribution in [3.8, 4) is 0 Å². The van der Waals surface area contributed by atoms with E-state index in [1.54, 1.807) is 0 Å². The zero-order valence-electron chi connectivity index (χ0n) is 8.62. The Bertz CT molecular complexity index is 160. The predicted molar refractivity (Wildman–Crippen MR) is 66.7 cm³/mol. The molecule has 0 aliphatic rings. The van der Waals surface area contributed by atoms with Crippen LogP contribution in [0.3, 0.4) is 0 Å². The molecule has 0 rings (SSSR count). The van der Waals surface area contributed by atoms with Crippen molar-refractivity contribution in [2.24, 2.45) is 11.5 Å². The summed E-state index contributed by atoms with van der Waals surface area (Å²) in [5, 5.41) is 9.59. The molecule has 0 aromatic carbocycles. The molecule has 0 saturated carbocycles. The first-order chi connectivity index (χ1) is 6.13. The molecule has 0 aromatic rings. The maximum Gasteiger partial charge on any atom is 0.217 e. The normalized spacial score (nSPS) is 8.27. The second-order valence-electron chi connectivity index (χ2n) is 2.97. The molecular weight excluding hydrogens is 239 g/mol. The minimum Gasteiger partial charge on any atom is -0.370 e. The van der Waals surface area contributed by atoms with Crippen LogP contribution in [-0.2, 0) is 4.79 Å². The first-order valence-electron chi connectivity index (χ1n) is 4.49. The molecule has 0 aliphatic carbocycles. The second-order valence-corrected chi connectivity index (χ2v) is 2.97. The van der Waals surface area contributed by atoms with Gasteiger partial charge in [0.2, 0.25) is 5.91 Å². The standard InChI is InChI=1S/C8H18N4O.2ClH/c9-7(13)5-3-1-2-4-6-12-8(10)11;;/h1-6H2,(H2,9,13)(H4,10,11,12);2*1H.